The second-order valence-electron chi connectivity index (χ2n) is 4.03. The molecule has 0 heterocycles. The molecule has 1 aromatic carbocycles. The van der Waals surface area contributed by atoms with Gasteiger partial charge in [0.25, 0.3) is 0 Å². The quantitative estimate of drug-likeness (QED) is 0.396. The Kier molecular flexibility index (Phi) is 7.56. The van der Waals surface area contributed by atoms with E-state index in [-0.39, 0.29) is 31.3 Å². The molecule has 7 nitrogen and oxygen atoms in total. The highest BCUT2D eigenvalue weighted by molar-refractivity contribution is 5.48. The molecular formula is C13H19NO6. The van der Waals surface area contributed by atoms with E-state index in [1.54, 1.807) is 19.1 Å². The molecule has 1 rings (SSSR count). The van der Waals surface area contributed by atoms with E-state index in [9.17, 15) is 10.1 Å². The first kappa shape index (κ1) is 16.4. The van der Waals surface area contributed by atoms with Crippen LogP contribution in [0.25, 0.3) is 0 Å². The van der Waals surface area contributed by atoms with E-state index in [0.717, 1.165) is 5.56 Å². The molecule has 0 fully saturated rings. The summed E-state index contributed by atoms with van der Waals surface area (Å²) in [6.07, 6.45) is 0. The summed E-state index contributed by atoms with van der Waals surface area (Å²) in [5.74, 6) is 0.237. The fourth-order valence-corrected chi connectivity index (χ4v) is 1.49. The third-order valence-electron chi connectivity index (χ3n) is 2.40. The average molecular weight is 285 g/mol. The predicted octanol–water partition coefficient (Wildman–Crippen LogP) is 1.31. The lowest BCUT2D eigenvalue weighted by molar-refractivity contribution is -0.385. The minimum Gasteiger partial charge on any atom is -0.484 e. The molecule has 1 aromatic rings. The number of benzene rings is 1. The van der Waals surface area contributed by atoms with Crippen LogP contribution in [0, 0.1) is 17.0 Å². The van der Waals surface area contributed by atoms with E-state index in [4.69, 9.17) is 19.3 Å². The van der Waals surface area contributed by atoms with Crippen LogP contribution in [0.5, 0.6) is 5.75 Å². The van der Waals surface area contributed by atoms with E-state index in [1.807, 2.05) is 0 Å². The minimum absolute atomic E-state index is 0.0137. The monoisotopic (exact) mass is 285 g/mol. The second-order valence-corrected chi connectivity index (χ2v) is 4.03. The number of ether oxygens (including phenoxy) is 3. The summed E-state index contributed by atoms with van der Waals surface area (Å²) in [5, 5.41) is 19.3. The molecule has 0 aliphatic carbocycles. The first-order valence-corrected chi connectivity index (χ1v) is 6.29. The highest BCUT2D eigenvalue weighted by Gasteiger charge is 2.14. The Morgan fingerprint density at radius 2 is 1.80 bits per heavy atom. The van der Waals surface area contributed by atoms with Crippen molar-refractivity contribution in [2.24, 2.45) is 0 Å². The molecule has 7 heteroatoms. The van der Waals surface area contributed by atoms with Gasteiger partial charge in [-0.25, -0.2) is 0 Å². The summed E-state index contributed by atoms with van der Waals surface area (Å²) in [7, 11) is 0. The molecule has 20 heavy (non-hydrogen) atoms. The van der Waals surface area contributed by atoms with E-state index in [1.165, 1.54) is 6.07 Å². The van der Waals surface area contributed by atoms with Crippen molar-refractivity contribution in [1.29, 1.82) is 0 Å². The molecule has 0 radical (unpaired) electrons. The Labute approximate surface area is 117 Å². The molecule has 0 saturated carbocycles. The van der Waals surface area contributed by atoms with Crippen LogP contribution in [0.1, 0.15) is 5.56 Å². The first-order chi connectivity index (χ1) is 9.65. The van der Waals surface area contributed by atoms with Crippen LogP contribution in [0.4, 0.5) is 5.69 Å². The van der Waals surface area contributed by atoms with Crippen molar-refractivity contribution in [3.8, 4) is 5.75 Å². The molecule has 0 amide bonds. The second kappa shape index (κ2) is 9.24. The number of hydrogen-bond donors (Lipinski definition) is 1. The summed E-state index contributed by atoms with van der Waals surface area (Å²) < 4.78 is 15.6. The van der Waals surface area contributed by atoms with Gasteiger partial charge in [0.2, 0.25) is 0 Å². The zero-order chi connectivity index (χ0) is 14.8. The smallest absolute Gasteiger partial charge is 0.311 e. The number of nitrogens with zero attached hydrogens (tertiary/aromatic N) is 1. The number of aliphatic hydroxyl groups is 1. The molecule has 112 valence electrons. The van der Waals surface area contributed by atoms with Gasteiger partial charge in [0.15, 0.2) is 5.75 Å². The molecule has 0 aliphatic heterocycles. The molecule has 0 bridgehead atoms. The van der Waals surface area contributed by atoms with E-state index in [2.05, 4.69) is 0 Å². The van der Waals surface area contributed by atoms with Crippen LogP contribution in [-0.2, 0) is 9.47 Å². The fraction of sp³-hybridized carbons (Fsp3) is 0.538. The first-order valence-electron chi connectivity index (χ1n) is 6.29. The van der Waals surface area contributed by atoms with Crippen molar-refractivity contribution in [1.82, 2.24) is 0 Å². The lowest BCUT2D eigenvalue weighted by atomic mass is 10.2. The number of aliphatic hydroxyl groups excluding tert-OH is 1. The summed E-state index contributed by atoms with van der Waals surface area (Å²) >= 11 is 0. The van der Waals surface area contributed by atoms with E-state index >= 15 is 0 Å². The maximum atomic E-state index is 10.9. The normalized spacial score (nSPS) is 10.5. The van der Waals surface area contributed by atoms with Crippen LogP contribution in [0.15, 0.2) is 18.2 Å². The van der Waals surface area contributed by atoms with Gasteiger partial charge < -0.3 is 19.3 Å². The summed E-state index contributed by atoms with van der Waals surface area (Å²) in [6.45, 7) is 3.38. The standard InChI is InChI=1S/C13H19NO6/c1-11-2-3-13(12(10-11)14(16)17)20-9-8-19-7-6-18-5-4-15/h2-3,10,15H,4-9H2,1H3. The third-order valence-corrected chi connectivity index (χ3v) is 2.40. The highest BCUT2D eigenvalue weighted by atomic mass is 16.6. The SMILES string of the molecule is Cc1ccc(OCCOCCOCCO)c([N+](=O)[O-])c1. The molecule has 1 N–H and O–H groups in total. The van der Waals surface area contributed by atoms with Gasteiger partial charge in [0.05, 0.1) is 38.0 Å². The van der Waals surface area contributed by atoms with Crippen molar-refractivity contribution in [2.45, 2.75) is 6.92 Å². The van der Waals surface area contributed by atoms with E-state index < -0.39 is 4.92 Å². The molecule has 0 spiro atoms. The van der Waals surface area contributed by atoms with Crippen molar-refractivity contribution in [3.63, 3.8) is 0 Å². The molecule has 0 atom stereocenters. The van der Waals surface area contributed by atoms with Gasteiger partial charge in [0, 0.05) is 6.07 Å². The third kappa shape index (κ3) is 5.96. The largest absolute Gasteiger partial charge is 0.484 e. The number of aryl methyl sites for hydroxylation is 1. The zero-order valence-corrected chi connectivity index (χ0v) is 11.4. The van der Waals surface area contributed by atoms with Gasteiger partial charge in [-0.1, -0.05) is 6.07 Å². The number of nitro groups is 1. The Morgan fingerprint density at radius 1 is 1.15 bits per heavy atom. The lowest BCUT2D eigenvalue weighted by Crippen LogP contribution is -2.12. The lowest BCUT2D eigenvalue weighted by Gasteiger charge is -2.08. The van der Waals surface area contributed by atoms with Gasteiger partial charge in [-0.3, -0.25) is 10.1 Å². The molecule has 0 saturated heterocycles. The Balaban J connectivity index is 2.27. The minimum atomic E-state index is -0.466. The van der Waals surface area contributed by atoms with Gasteiger partial charge in [-0.15, -0.1) is 0 Å². The zero-order valence-electron chi connectivity index (χ0n) is 11.4. The molecule has 0 aromatic heterocycles. The molecule has 0 aliphatic rings. The van der Waals surface area contributed by atoms with Crippen molar-refractivity contribution in [3.05, 3.63) is 33.9 Å². The van der Waals surface area contributed by atoms with Crippen molar-refractivity contribution >= 4 is 5.69 Å². The predicted molar refractivity (Wildman–Crippen MR) is 72.1 cm³/mol. The van der Waals surface area contributed by atoms with Crippen LogP contribution < -0.4 is 4.74 Å². The van der Waals surface area contributed by atoms with E-state index in [0.29, 0.717) is 19.8 Å². The Morgan fingerprint density at radius 3 is 2.45 bits per heavy atom. The van der Waals surface area contributed by atoms with Gasteiger partial charge >= 0.3 is 5.69 Å². The van der Waals surface area contributed by atoms with Crippen LogP contribution in [0.2, 0.25) is 0 Å². The van der Waals surface area contributed by atoms with Gasteiger partial charge in [0.1, 0.15) is 6.61 Å². The topological polar surface area (TPSA) is 91.1 Å². The van der Waals surface area contributed by atoms with Crippen LogP contribution in [-0.4, -0.2) is 49.7 Å². The van der Waals surface area contributed by atoms with Gasteiger partial charge in [-0.2, -0.15) is 0 Å². The van der Waals surface area contributed by atoms with Crippen molar-refractivity contribution in [2.75, 3.05) is 39.6 Å². The number of hydrogen-bond acceptors (Lipinski definition) is 6. The van der Waals surface area contributed by atoms with Crippen LogP contribution >= 0.6 is 0 Å². The van der Waals surface area contributed by atoms with Crippen LogP contribution in [0.3, 0.4) is 0 Å². The average Bonchev–Trinajstić information content (AvgIpc) is 2.43. The maximum Gasteiger partial charge on any atom is 0.311 e. The van der Waals surface area contributed by atoms with Gasteiger partial charge in [-0.05, 0) is 18.6 Å². The fourth-order valence-electron chi connectivity index (χ4n) is 1.49. The highest BCUT2D eigenvalue weighted by Crippen LogP contribution is 2.27. The van der Waals surface area contributed by atoms with Crippen molar-refractivity contribution < 1.29 is 24.2 Å². The summed E-state index contributed by atoms with van der Waals surface area (Å²) in [6, 6.07) is 4.81. The molecular weight excluding hydrogens is 266 g/mol. The number of nitro benzene ring substituents is 1. The number of rotatable bonds is 10. The molecule has 0 unspecified atom stereocenters. The Bertz CT molecular complexity index is 423. The Hall–Kier alpha value is -1.70. The maximum absolute atomic E-state index is 10.9. The summed E-state index contributed by atoms with van der Waals surface area (Å²) in [5.41, 5.74) is 0.762. The summed E-state index contributed by atoms with van der Waals surface area (Å²) in [4.78, 5) is 10.4.